The van der Waals surface area contributed by atoms with E-state index in [1.54, 1.807) is 44.2 Å². The topological polar surface area (TPSA) is 64.0 Å². The summed E-state index contributed by atoms with van der Waals surface area (Å²) in [5, 5.41) is 7.71. The van der Waals surface area contributed by atoms with Gasteiger partial charge in [-0.25, -0.2) is 4.68 Å². The van der Waals surface area contributed by atoms with E-state index in [9.17, 15) is 9.59 Å². The molecule has 2 aromatic carbocycles. The van der Waals surface area contributed by atoms with E-state index < -0.39 is 5.54 Å². The Balaban J connectivity index is 1.95. The highest BCUT2D eigenvalue weighted by molar-refractivity contribution is 6.30. The summed E-state index contributed by atoms with van der Waals surface area (Å²) in [5.74, 6) is -0.362. The number of hydrogen-bond acceptors (Lipinski definition) is 3. The van der Waals surface area contributed by atoms with Gasteiger partial charge >= 0.3 is 0 Å². The lowest BCUT2D eigenvalue weighted by atomic mass is 10.0. The van der Waals surface area contributed by atoms with Gasteiger partial charge in [-0.1, -0.05) is 48.0 Å². The van der Waals surface area contributed by atoms with Gasteiger partial charge in [0.1, 0.15) is 5.54 Å². The lowest BCUT2D eigenvalue weighted by molar-refractivity contribution is -0.123. The maximum Gasteiger partial charge on any atom is 0.267 e. The molecular weight excluding hydrogens is 350 g/mol. The van der Waals surface area contributed by atoms with Crippen molar-refractivity contribution in [1.82, 2.24) is 9.78 Å². The molecule has 5 nitrogen and oxygen atoms in total. The Bertz CT molecular complexity index is 997. The zero-order valence-corrected chi connectivity index (χ0v) is 15.2. The molecule has 1 heterocycles. The Kier molecular flexibility index (Phi) is 4.91. The van der Waals surface area contributed by atoms with Gasteiger partial charge in [0.25, 0.3) is 11.5 Å². The minimum absolute atomic E-state index is 0.351. The van der Waals surface area contributed by atoms with E-state index in [1.165, 1.54) is 10.7 Å². The largest absolute Gasteiger partial charge is 0.324 e. The molecule has 6 heteroatoms. The first kappa shape index (κ1) is 17.9. The summed E-state index contributed by atoms with van der Waals surface area (Å²) >= 11 is 5.95. The molecule has 0 aliphatic carbocycles. The number of halogens is 1. The SMILES string of the molecule is CC(C)(C(=O)Nc1cccc(Cl)c1)n1nc(-c2ccccc2)ccc1=O. The van der Waals surface area contributed by atoms with Gasteiger partial charge in [0.05, 0.1) is 5.69 Å². The van der Waals surface area contributed by atoms with Crippen LogP contribution < -0.4 is 10.9 Å². The third kappa shape index (κ3) is 3.68. The number of carbonyl (C=O) groups excluding carboxylic acids is 1. The third-order valence-electron chi connectivity index (χ3n) is 4.04. The van der Waals surface area contributed by atoms with Crippen LogP contribution in [0, 0.1) is 0 Å². The van der Waals surface area contributed by atoms with Crippen molar-refractivity contribution in [3.05, 3.63) is 82.1 Å². The Morgan fingerprint density at radius 3 is 2.46 bits per heavy atom. The van der Waals surface area contributed by atoms with E-state index in [-0.39, 0.29) is 11.5 Å². The van der Waals surface area contributed by atoms with E-state index in [1.807, 2.05) is 30.3 Å². The van der Waals surface area contributed by atoms with Gasteiger partial charge in [0.2, 0.25) is 0 Å². The molecule has 0 aliphatic heterocycles. The number of aromatic nitrogens is 2. The first-order valence-electron chi connectivity index (χ1n) is 8.11. The number of amides is 1. The van der Waals surface area contributed by atoms with Crippen LogP contribution in [0.5, 0.6) is 0 Å². The van der Waals surface area contributed by atoms with Crippen molar-refractivity contribution in [2.24, 2.45) is 0 Å². The molecule has 1 N–H and O–H groups in total. The van der Waals surface area contributed by atoms with Crippen molar-refractivity contribution in [3.8, 4) is 11.3 Å². The van der Waals surface area contributed by atoms with Crippen LogP contribution in [0.3, 0.4) is 0 Å². The highest BCUT2D eigenvalue weighted by atomic mass is 35.5. The second kappa shape index (κ2) is 7.14. The zero-order valence-electron chi connectivity index (χ0n) is 14.4. The Labute approximate surface area is 156 Å². The molecule has 0 spiro atoms. The number of carbonyl (C=O) groups is 1. The molecule has 0 saturated carbocycles. The molecule has 3 aromatic rings. The summed E-state index contributed by atoms with van der Waals surface area (Å²) in [5.41, 5.74) is 0.504. The van der Waals surface area contributed by atoms with Crippen LogP contribution in [0.25, 0.3) is 11.3 Å². The van der Waals surface area contributed by atoms with Crippen LogP contribution in [0.4, 0.5) is 5.69 Å². The molecule has 0 saturated heterocycles. The smallest absolute Gasteiger partial charge is 0.267 e. The first-order chi connectivity index (χ1) is 12.4. The van der Waals surface area contributed by atoms with E-state index >= 15 is 0 Å². The number of nitrogens with zero attached hydrogens (tertiary/aromatic N) is 2. The second-order valence-corrected chi connectivity index (χ2v) is 6.79. The summed E-state index contributed by atoms with van der Waals surface area (Å²) < 4.78 is 1.20. The predicted molar refractivity (Wildman–Crippen MR) is 103 cm³/mol. The number of benzene rings is 2. The normalized spacial score (nSPS) is 11.2. The van der Waals surface area contributed by atoms with Crippen LogP contribution in [-0.4, -0.2) is 15.7 Å². The molecule has 3 rings (SSSR count). The molecule has 0 aliphatic rings. The third-order valence-corrected chi connectivity index (χ3v) is 4.27. The van der Waals surface area contributed by atoms with Gasteiger partial charge in [0, 0.05) is 22.3 Å². The van der Waals surface area contributed by atoms with Crippen molar-refractivity contribution < 1.29 is 4.79 Å². The fourth-order valence-electron chi connectivity index (χ4n) is 2.52. The quantitative estimate of drug-likeness (QED) is 0.759. The number of rotatable bonds is 4. The monoisotopic (exact) mass is 367 g/mol. The average Bonchev–Trinajstić information content (AvgIpc) is 2.62. The fraction of sp³-hybridized carbons (Fsp3) is 0.150. The lowest BCUT2D eigenvalue weighted by Crippen LogP contribution is -2.47. The summed E-state index contributed by atoms with van der Waals surface area (Å²) in [4.78, 5) is 25.2. The maximum atomic E-state index is 12.8. The minimum atomic E-state index is -1.19. The van der Waals surface area contributed by atoms with Crippen molar-refractivity contribution in [3.63, 3.8) is 0 Å². The molecule has 1 amide bonds. The van der Waals surface area contributed by atoms with Crippen molar-refractivity contribution >= 4 is 23.2 Å². The lowest BCUT2D eigenvalue weighted by Gasteiger charge is -2.25. The van der Waals surface area contributed by atoms with Gasteiger partial charge < -0.3 is 5.32 Å². The van der Waals surface area contributed by atoms with Gasteiger partial charge in [-0.05, 0) is 38.1 Å². The molecule has 26 heavy (non-hydrogen) atoms. The summed E-state index contributed by atoms with van der Waals surface area (Å²) in [6.45, 7) is 3.30. The molecule has 1 aromatic heterocycles. The number of anilines is 1. The van der Waals surface area contributed by atoms with Crippen molar-refractivity contribution in [2.45, 2.75) is 19.4 Å². The van der Waals surface area contributed by atoms with Gasteiger partial charge in [0.15, 0.2) is 0 Å². The van der Waals surface area contributed by atoms with E-state index in [2.05, 4.69) is 10.4 Å². The summed E-state index contributed by atoms with van der Waals surface area (Å²) in [6.07, 6.45) is 0. The van der Waals surface area contributed by atoms with Crippen molar-refractivity contribution in [2.75, 3.05) is 5.32 Å². The maximum absolute atomic E-state index is 12.8. The van der Waals surface area contributed by atoms with Crippen LogP contribution in [0.2, 0.25) is 5.02 Å². The second-order valence-electron chi connectivity index (χ2n) is 6.36. The number of hydrogen-bond donors (Lipinski definition) is 1. The molecule has 0 fully saturated rings. The molecule has 132 valence electrons. The van der Waals surface area contributed by atoms with Crippen LogP contribution in [0.1, 0.15) is 13.8 Å². The highest BCUT2D eigenvalue weighted by Gasteiger charge is 2.32. The van der Waals surface area contributed by atoms with Crippen molar-refractivity contribution in [1.29, 1.82) is 0 Å². The fourth-order valence-corrected chi connectivity index (χ4v) is 2.71. The van der Waals surface area contributed by atoms with Gasteiger partial charge in [-0.2, -0.15) is 5.10 Å². The van der Waals surface area contributed by atoms with E-state index in [0.29, 0.717) is 16.4 Å². The molecular formula is C20H18ClN3O2. The predicted octanol–water partition coefficient (Wildman–Crippen LogP) is 3.94. The Morgan fingerprint density at radius 2 is 1.77 bits per heavy atom. The van der Waals surface area contributed by atoms with Crippen LogP contribution in [0.15, 0.2) is 71.5 Å². The highest BCUT2D eigenvalue weighted by Crippen LogP contribution is 2.21. The molecule has 0 bridgehead atoms. The van der Waals surface area contributed by atoms with E-state index in [4.69, 9.17) is 11.6 Å². The first-order valence-corrected chi connectivity index (χ1v) is 8.49. The van der Waals surface area contributed by atoms with Crippen LogP contribution in [-0.2, 0) is 10.3 Å². The summed E-state index contributed by atoms with van der Waals surface area (Å²) in [7, 11) is 0. The average molecular weight is 368 g/mol. The van der Waals surface area contributed by atoms with Gasteiger partial charge in [-0.15, -0.1) is 0 Å². The standard InChI is InChI=1S/C20H18ClN3O2/c1-20(2,19(26)22-16-10-6-9-15(21)13-16)24-18(25)12-11-17(23-24)14-7-4-3-5-8-14/h3-13H,1-2H3,(H,22,26). The van der Waals surface area contributed by atoms with Gasteiger partial charge in [-0.3, -0.25) is 9.59 Å². The van der Waals surface area contributed by atoms with Crippen LogP contribution >= 0.6 is 11.6 Å². The Morgan fingerprint density at radius 1 is 1.04 bits per heavy atom. The Hall–Kier alpha value is -2.92. The molecule has 0 radical (unpaired) electrons. The molecule has 0 atom stereocenters. The van der Waals surface area contributed by atoms with E-state index in [0.717, 1.165) is 5.56 Å². The zero-order chi connectivity index (χ0) is 18.7. The summed E-state index contributed by atoms with van der Waals surface area (Å²) in [6, 6.07) is 19.4. The number of nitrogens with one attached hydrogen (secondary N) is 1. The molecule has 0 unspecified atom stereocenters. The minimum Gasteiger partial charge on any atom is -0.324 e.